The number of fused-ring (bicyclic) bond motifs is 10. The molecule has 11 rings (SSSR count). The maximum absolute atomic E-state index is 5.27. The van der Waals surface area contributed by atoms with Crippen molar-refractivity contribution < 1.29 is 0 Å². The minimum absolute atomic E-state index is 0.939. The summed E-state index contributed by atoms with van der Waals surface area (Å²) in [7, 11) is 0. The molecule has 2 heterocycles. The summed E-state index contributed by atoms with van der Waals surface area (Å²) in [6, 6.07) is 67.9. The van der Waals surface area contributed by atoms with Gasteiger partial charge in [0.25, 0.3) is 0 Å². The molecule has 52 heavy (non-hydrogen) atoms. The number of rotatable bonds is 4. The van der Waals surface area contributed by atoms with Gasteiger partial charge < -0.3 is 4.57 Å². The van der Waals surface area contributed by atoms with Crippen LogP contribution in [0.2, 0.25) is 0 Å². The first-order chi connectivity index (χ1) is 25.8. The van der Waals surface area contributed by atoms with Crippen LogP contribution >= 0.6 is 0 Å². The fourth-order valence-corrected chi connectivity index (χ4v) is 8.33. The van der Waals surface area contributed by atoms with Gasteiger partial charge in [-0.1, -0.05) is 140 Å². The summed E-state index contributed by atoms with van der Waals surface area (Å²) in [5.74, 6) is 0.939. The van der Waals surface area contributed by atoms with Crippen molar-refractivity contribution in [3.05, 3.63) is 188 Å². The molecule has 3 nitrogen and oxygen atoms in total. The van der Waals surface area contributed by atoms with Crippen molar-refractivity contribution in [2.24, 2.45) is 0 Å². The Morgan fingerprint density at radius 2 is 0.981 bits per heavy atom. The van der Waals surface area contributed by atoms with Crippen molar-refractivity contribution in [3.8, 4) is 33.9 Å². The van der Waals surface area contributed by atoms with Gasteiger partial charge in [0.2, 0.25) is 0 Å². The minimum Gasteiger partial charge on any atom is -0.309 e. The third-order valence-corrected chi connectivity index (χ3v) is 10.7. The zero-order valence-electron chi connectivity index (χ0n) is 28.2. The SMILES string of the molecule is c1ccc(-c2nc3ccc4ccc5ccc(-c6cccc(-n7c8ccccc8c8c9ccccc9ccc87)c6)cc5c4c3n2-c2ccccc2)cc1. The molecule has 3 heteroatoms. The maximum Gasteiger partial charge on any atom is 0.145 e. The van der Waals surface area contributed by atoms with Crippen molar-refractivity contribution in [2.45, 2.75) is 0 Å². The highest BCUT2D eigenvalue weighted by atomic mass is 15.1. The average molecular weight is 662 g/mol. The van der Waals surface area contributed by atoms with Gasteiger partial charge in [0, 0.05) is 33.1 Å². The van der Waals surface area contributed by atoms with Crippen LogP contribution in [0.15, 0.2) is 188 Å². The number of hydrogen-bond acceptors (Lipinski definition) is 1. The van der Waals surface area contributed by atoms with E-state index >= 15 is 0 Å². The average Bonchev–Trinajstić information content (AvgIpc) is 3.78. The van der Waals surface area contributed by atoms with Crippen LogP contribution in [0.1, 0.15) is 0 Å². The highest BCUT2D eigenvalue weighted by Gasteiger charge is 2.19. The summed E-state index contributed by atoms with van der Waals surface area (Å²) < 4.78 is 4.76. The summed E-state index contributed by atoms with van der Waals surface area (Å²) in [6.45, 7) is 0. The van der Waals surface area contributed by atoms with E-state index in [1.54, 1.807) is 0 Å². The third-order valence-electron chi connectivity index (χ3n) is 10.7. The molecule has 0 unspecified atom stereocenters. The van der Waals surface area contributed by atoms with E-state index in [0.717, 1.165) is 33.8 Å². The van der Waals surface area contributed by atoms with Crippen molar-refractivity contribution in [1.82, 2.24) is 14.1 Å². The molecule has 0 aliphatic carbocycles. The maximum atomic E-state index is 5.27. The molecule has 0 amide bonds. The van der Waals surface area contributed by atoms with Gasteiger partial charge in [-0.25, -0.2) is 4.98 Å². The van der Waals surface area contributed by atoms with Crippen LogP contribution < -0.4 is 0 Å². The fourth-order valence-electron chi connectivity index (χ4n) is 8.33. The van der Waals surface area contributed by atoms with Gasteiger partial charge in [-0.2, -0.15) is 0 Å². The van der Waals surface area contributed by atoms with E-state index in [9.17, 15) is 0 Å². The predicted molar refractivity (Wildman–Crippen MR) is 219 cm³/mol. The molecule has 0 bridgehead atoms. The summed E-state index contributed by atoms with van der Waals surface area (Å²) in [4.78, 5) is 5.27. The first-order valence-electron chi connectivity index (χ1n) is 17.8. The molecule has 0 saturated heterocycles. The van der Waals surface area contributed by atoms with E-state index in [0.29, 0.717) is 0 Å². The first kappa shape index (κ1) is 28.8. The van der Waals surface area contributed by atoms with Crippen LogP contribution in [0.5, 0.6) is 0 Å². The van der Waals surface area contributed by atoms with Gasteiger partial charge in [0.05, 0.1) is 22.1 Å². The van der Waals surface area contributed by atoms with E-state index in [4.69, 9.17) is 4.98 Å². The fraction of sp³-hybridized carbons (Fsp3) is 0. The Bertz CT molecular complexity index is 3170. The molecule has 9 aromatic carbocycles. The van der Waals surface area contributed by atoms with E-state index in [1.807, 2.05) is 0 Å². The van der Waals surface area contributed by atoms with Gasteiger partial charge in [-0.05, 0) is 86.6 Å². The summed E-state index contributed by atoms with van der Waals surface area (Å²) >= 11 is 0. The molecular weight excluding hydrogens is 631 g/mol. The molecule has 0 atom stereocenters. The second-order valence-electron chi connectivity index (χ2n) is 13.6. The Kier molecular flexibility index (Phi) is 6.25. The predicted octanol–water partition coefficient (Wildman–Crippen LogP) is 12.9. The van der Waals surface area contributed by atoms with Crippen LogP contribution in [0.3, 0.4) is 0 Å². The number of para-hydroxylation sites is 2. The highest BCUT2D eigenvalue weighted by Crippen LogP contribution is 2.40. The highest BCUT2D eigenvalue weighted by molar-refractivity contribution is 6.22. The number of aromatic nitrogens is 3. The van der Waals surface area contributed by atoms with E-state index in [1.165, 1.54) is 65.3 Å². The van der Waals surface area contributed by atoms with E-state index < -0.39 is 0 Å². The third kappa shape index (κ3) is 4.30. The summed E-state index contributed by atoms with van der Waals surface area (Å²) in [5.41, 5.74) is 10.2. The minimum atomic E-state index is 0.939. The van der Waals surface area contributed by atoms with Crippen LogP contribution in [0.4, 0.5) is 0 Å². The summed E-state index contributed by atoms with van der Waals surface area (Å²) in [6.07, 6.45) is 0. The molecule has 0 spiro atoms. The Balaban J connectivity index is 1.15. The quantitative estimate of drug-likeness (QED) is 0.172. The molecule has 0 aliphatic rings. The zero-order chi connectivity index (χ0) is 34.2. The topological polar surface area (TPSA) is 22.8 Å². The van der Waals surface area contributed by atoms with Crippen molar-refractivity contribution >= 4 is 65.2 Å². The van der Waals surface area contributed by atoms with Crippen molar-refractivity contribution in [3.63, 3.8) is 0 Å². The van der Waals surface area contributed by atoms with Crippen LogP contribution in [0.25, 0.3) is 99.0 Å². The lowest BCUT2D eigenvalue weighted by Gasteiger charge is -2.14. The van der Waals surface area contributed by atoms with Crippen molar-refractivity contribution in [2.75, 3.05) is 0 Å². The standard InChI is InChI=1S/C49H31N3/c1-3-13-35(14-4-1)49-50-43-28-26-34-24-22-33-23-25-37(31-42(33)46(34)48(43)52(49)38-16-5-2-6-17-38)36-15-11-18-39(30-36)51-44-21-10-9-20-41(44)47-40-19-8-7-12-32(40)27-29-45(47)51/h1-31H. The number of benzene rings is 9. The monoisotopic (exact) mass is 661 g/mol. The van der Waals surface area contributed by atoms with Crippen LogP contribution in [-0.4, -0.2) is 14.1 Å². The molecular formula is C49H31N3. The molecule has 0 saturated carbocycles. The number of nitrogens with zero attached hydrogens (tertiary/aromatic N) is 3. The van der Waals surface area contributed by atoms with E-state index in [-0.39, 0.29) is 0 Å². The normalized spacial score (nSPS) is 11.8. The molecule has 242 valence electrons. The second kappa shape index (κ2) is 11.3. The van der Waals surface area contributed by atoms with Gasteiger partial charge in [-0.3, -0.25) is 4.57 Å². The molecule has 0 N–H and O–H groups in total. The summed E-state index contributed by atoms with van der Waals surface area (Å²) in [5, 5.41) is 9.93. The number of hydrogen-bond donors (Lipinski definition) is 0. The largest absolute Gasteiger partial charge is 0.309 e. The number of imidazole rings is 1. The van der Waals surface area contributed by atoms with Gasteiger partial charge in [-0.15, -0.1) is 0 Å². The smallest absolute Gasteiger partial charge is 0.145 e. The molecule has 0 fully saturated rings. The van der Waals surface area contributed by atoms with Gasteiger partial charge >= 0.3 is 0 Å². The lowest BCUT2D eigenvalue weighted by atomic mass is 9.96. The van der Waals surface area contributed by atoms with E-state index in [2.05, 4.69) is 197 Å². The molecule has 11 aromatic rings. The van der Waals surface area contributed by atoms with Crippen molar-refractivity contribution in [1.29, 1.82) is 0 Å². The van der Waals surface area contributed by atoms with Crippen LogP contribution in [-0.2, 0) is 0 Å². The van der Waals surface area contributed by atoms with Crippen LogP contribution in [0, 0.1) is 0 Å². The Labute approximate surface area is 300 Å². The zero-order valence-corrected chi connectivity index (χ0v) is 28.2. The lowest BCUT2D eigenvalue weighted by molar-refractivity contribution is 1.11. The molecule has 2 aromatic heterocycles. The first-order valence-corrected chi connectivity index (χ1v) is 17.8. The molecule has 0 radical (unpaired) electrons. The Morgan fingerprint density at radius 1 is 0.346 bits per heavy atom. The molecule has 0 aliphatic heterocycles. The second-order valence-corrected chi connectivity index (χ2v) is 13.6. The van der Waals surface area contributed by atoms with Gasteiger partial charge in [0.15, 0.2) is 0 Å². The lowest BCUT2D eigenvalue weighted by Crippen LogP contribution is -1.98. The van der Waals surface area contributed by atoms with Gasteiger partial charge in [0.1, 0.15) is 5.82 Å². The Morgan fingerprint density at radius 3 is 1.87 bits per heavy atom. The Hall–Kier alpha value is -6.97.